The lowest BCUT2D eigenvalue weighted by Gasteiger charge is -2.29. The van der Waals surface area contributed by atoms with Crippen molar-refractivity contribution in [1.29, 1.82) is 5.26 Å². The van der Waals surface area contributed by atoms with E-state index in [-0.39, 0.29) is 10.8 Å². The summed E-state index contributed by atoms with van der Waals surface area (Å²) in [7, 11) is 0. The van der Waals surface area contributed by atoms with E-state index < -0.39 is 28.7 Å². The van der Waals surface area contributed by atoms with Crippen LogP contribution in [-0.4, -0.2) is 26.3 Å². The van der Waals surface area contributed by atoms with Crippen LogP contribution in [-0.2, 0) is 17.5 Å². The van der Waals surface area contributed by atoms with Gasteiger partial charge in [0.05, 0.1) is 28.4 Å². The lowest BCUT2D eigenvalue weighted by atomic mass is 10.0. The fourth-order valence-electron chi connectivity index (χ4n) is 4.32. The standard InChI is InChI=1S/C24H20F3N5OS/c1-23(2)21(33)31(17-6-5-15(11-28)19(10-17)24(25,26)27)22(34)32(23)18-7-8-20-16(9-18)13-30(29-20)12-14-3-4-14/h5-10,13-14H,3-4,12H2,1-2H3. The molecule has 0 spiro atoms. The maximum Gasteiger partial charge on any atom is 0.417 e. The molecule has 6 nitrogen and oxygen atoms in total. The van der Waals surface area contributed by atoms with E-state index in [1.807, 2.05) is 29.1 Å². The minimum atomic E-state index is -4.74. The van der Waals surface area contributed by atoms with Gasteiger partial charge in [0.25, 0.3) is 5.91 Å². The van der Waals surface area contributed by atoms with Crippen LogP contribution in [0, 0.1) is 17.2 Å². The summed E-state index contributed by atoms with van der Waals surface area (Å²) in [6.45, 7) is 4.22. The Hall–Kier alpha value is -3.45. The second-order valence-electron chi connectivity index (χ2n) is 9.19. The van der Waals surface area contributed by atoms with Crippen LogP contribution >= 0.6 is 12.2 Å². The summed E-state index contributed by atoms with van der Waals surface area (Å²) >= 11 is 5.61. The SMILES string of the molecule is CC1(C)C(=O)N(c2ccc(C#N)c(C(F)(F)F)c2)C(=S)N1c1ccc2nn(CC3CC3)cc2c1. The Balaban J connectivity index is 1.54. The number of carbonyl (C=O) groups excluding carboxylic acids is 1. The van der Waals surface area contributed by atoms with Crippen molar-refractivity contribution in [3.05, 3.63) is 53.7 Å². The van der Waals surface area contributed by atoms with Crippen LogP contribution in [0.25, 0.3) is 10.9 Å². The Morgan fingerprint density at radius 1 is 1.18 bits per heavy atom. The number of thiocarbonyl (C=S) groups is 1. The average molecular weight is 484 g/mol. The molecule has 1 saturated carbocycles. The number of alkyl halides is 3. The molecule has 2 fully saturated rings. The van der Waals surface area contributed by atoms with Crippen LogP contribution in [0.4, 0.5) is 24.5 Å². The zero-order valence-corrected chi connectivity index (χ0v) is 19.2. The number of rotatable bonds is 4. The van der Waals surface area contributed by atoms with Gasteiger partial charge >= 0.3 is 6.18 Å². The molecule has 1 aliphatic heterocycles. The highest BCUT2D eigenvalue weighted by Gasteiger charge is 2.50. The summed E-state index contributed by atoms with van der Waals surface area (Å²) in [5.74, 6) is 0.207. The van der Waals surface area contributed by atoms with Gasteiger partial charge in [0.2, 0.25) is 0 Å². The first kappa shape index (κ1) is 22.3. The quantitative estimate of drug-likeness (QED) is 0.474. The summed E-state index contributed by atoms with van der Waals surface area (Å²) in [6.07, 6.45) is -0.368. The fraction of sp³-hybridized carbons (Fsp3) is 0.333. The number of amides is 1. The number of hydrogen-bond donors (Lipinski definition) is 0. The first-order chi connectivity index (χ1) is 16.0. The third kappa shape index (κ3) is 3.60. The zero-order valence-electron chi connectivity index (χ0n) is 18.4. The third-order valence-electron chi connectivity index (χ3n) is 6.29. The number of benzene rings is 2. The number of carbonyl (C=O) groups is 1. The molecule has 2 aromatic carbocycles. The van der Waals surface area contributed by atoms with Gasteiger partial charge < -0.3 is 4.90 Å². The number of nitrogens with zero attached hydrogens (tertiary/aromatic N) is 5. The molecular weight excluding hydrogens is 463 g/mol. The molecule has 34 heavy (non-hydrogen) atoms. The Kier molecular flexibility index (Phi) is 4.95. The minimum Gasteiger partial charge on any atom is -0.304 e. The van der Waals surface area contributed by atoms with Crippen molar-refractivity contribution in [1.82, 2.24) is 9.78 Å². The second-order valence-corrected chi connectivity index (χ2v) is 9.56. The van der Waals surface area contributed by atoms with Gasteiger partial charge in [-0.1, -0.05) is 0 Å². The number of nitriles is 1. The fourth-order valence-corrected chi connectivity index (χ4v) is 4.84. The van der Waals surface area contributed by atoms with Crippen LogP contribution in [0.3, 0.4) is 0 Å². The number of fused-ring (bicyclic) bond motifs is 1. The topological polar surface area (TPSA) is 65.2 Å². The molecule has 3 aromatic rings. The summed E-state index contributed by atoms with van der Waals surface area (Å²) in [4.78, 5) is 16.1. The molecule has 0 bridgehead atoms. The predicted octanol–water partition coefficient (Wildman–Crippen LogP) is 5.25. The highest BCUT2D eigenvalue weighted by Crippen LogP contribution is 2.40. The Labute approximate surface area is 199 Å². The van der Waals surface area contributed by atoms with Crippen LogP contribution in [0.1, 0.15) is 37.8 Å². The molecule has 2 aliphatic rings. The van der Waals surface area contributed by atoms with Gasteiger partial charge in [-0.2, -0.15) is 23.5 Å². The Morgan fingerprint density at radius 2 is 1.88 bits per heavy atom. The molecule has 2 heterocycles. The summed E-state index contributed by atoms with van der Waals surface area (Å²) < 4.78 is 42.5. The Morgan fingerprint density at radius 3 is 2.53 bits per heavy atom. The summed E-state index contributed by atoms with van der Waals surface area (Å²) in [6, 6.07) is 10.3. The second kappa shape index (κ2) is 7.53. The third-order valence-corrected chi connectivity index (χ3v) is 6.66. The largest absolute Gasteiger partial charge is 0.417 e. The molecule has 1 aromatic heterocycles. The van der Waals surface area contributed by atoms with Gasteiger partial charge in [-0.25, -0.2) is 0 Å². The van der Waals surface area contributed by atoms with Gasteiger partial charge in [0.1, 0.15) is 5.54 Å². The summed E-state index contributed by atoms with van der Waals surface area (Å²) in [5.41, 5.74) is -1.33. The molecule has 0 atom stereocenters. The highest BCUT2D eigenvalue weighted by molar-refractivity contribution is 7.81. The number of anilines is 2. The maximum atomic E-state index is 13.5. The number of halogens is 3. The van der Waals surface area contributed by atoms with Gasteiger partial charge in [-0.3, -0.25) is 14.4 Å². The van der Waals surface area contributed by atoms with Gasteiger partial charge in [-0.15, -0.1) is 0 Å². The minimum absolute atomic E-state index is 0.0322. The predicted molar refractivity (Wildman–Crippen MR) is 125 cm³/mol. The first-order valence-corrected chi connectivity index (χ1v) is 11.2. The van der Waals surface area contributed by atoms with Crippen molar-refractivity contribution in [3.8, 4) is 6.07 Å². The smallest absolute Gasteiger partial charge is 0.304 e. The van der Waals surface area contributed by atoms with E-state index in [0.717, 1.165) is 34.5 Å². The maximum absolute atomic E-state index is 13.5. The number of hydrogen-bond acceptors (Lipinski definition) is 4. The van der Waals surface area contributed by atoms with E-state index in [9.17, 15) is 18.0 Å². The molecule has 174 valence electrons. The molecule has 1 aliphatic carbocycles. The van der Waals surface area contributed by atoms with Crippen molar-refractivity contribution in [2.45, 2.75) is 44.9 Å². The van der Waals surface area contributed by atoms with E-state index >= 15 is 0 Å². The molecule has 0 radical (unpaired) electrons. The van der Waals surface area contributed by atoms with Gasteiger partial charge in [-0.05, 0) is 81.2 Å². The van der Waals surface area contributed by atoms with Crippen LogP contribution in [0.5, 0.6) is 0 Å². The molecule has 0 unspecified atom stereocenters. The van der Waals surface area contributed by atoms with Crippen LogP contribution in [0.2, 0.25) is 0 Å². The molecule has 10 heteroatoms. The number of aromatic nitrogens is 2. The molecule has 1 saturated heterocycles. The molecular formula is C24H20F3N5OS. The van der Waals surface area contributed by atoms with E-state index in [1.54, 1.807) is 24.8 Å². The molecule has 5 rings (SSSR count). The van der Waals surface area contributed by atoms with E-state index in [0.29, 0.717) is 11.6 Å². The first-order valence-electron chi connectivity index (χ1n) is 10.8. The van der Waals surface area contributed by atoms with E-state index in [1.165, 1.54) is 18.9 Å². The Bertz CT molecular complexity index is 1380. The van der Waals surface area contributed by atoms with Crippen molar-refractivity contribution in [3.63, 3.8) is 0 Å². The lowest BCUT2D eigenvalue weighted by Crippen LogP contribution is -2.44. The highest BCUT2D eigenvalue weighted by atomic mass is 32.1. The van der Waals surface area contributed by atoms with Gasteiger partial charge in [0.15, 0.2) is 5.11 Å². The van der Waals surface area contributed by atoms with Crippen molar-refractivity contribution in [2.24, 2.45) is 5.92 Å². The molecule has 0 N–H and O–H groups in total. The van der Waals surface area contributed by atoms with Crippen molar-refractivity contribution >= 4 is 45.5 Å². The van der Waals surface area contributed by atoms with Crippen LogP contribution in [0.15, 0.2) is 42.6 Å². The normalized spacial score (nSPS) is 18.1. The lowest BCUT2D eigenvalue weighted by molar-refractivity contribution is -0.137. The average Bonchev–Trinajstić information content (AvgIpc) is 3.45. The van der Waals surface area contributed by atoms with E-state index in [4.69, 9.17) is 17.5 Å². The van der Waals surface area contributed by atoms with Crippen molar-refractivity contribution < 1.29 is 18.0 Å². The van der Waals surface area contributed by atoms with Crippen LogP contribution < -0.4 is 9.80 Å². The van der Waals surface area contributed by atoms with Crippen molar-refractivity contribution in [2.75, 3.05) is 9.80 Å². The zero-order chi connectivity index (χ0) is 24.4. The van der Waals surface area contributed by atoms with E-state index in [2.05, 4.69) is 5.10 Å². The molecule has 1 amide bonds. The summed E-state index contributed by atoms with van der Waals surface area (Å²) in [5, 5.41) is 14.6. The van der Waals surface area contributed by atoms with Gasteiger partial charge in [0, 0.05) is 23.8 Å². The monoisotopic (exact) mass is 483 g/mol.